The zero-order chi connectivity index (χ0) is 29.5. The number of piperidine rings is 1. The van der Waals surface area contributed by atoms with Crippen molar-refractivity contribution < 1.29 is 30.4 Å². The predicted octanol–water partition coefficient (Wildman–Crippen LogP) is 4.46. The maximum atomic E-state index is 13.4. The number of amides is 1. The van der Waals surface area contributed by atoms with Gasteiger partial charge in [-0.25, -0.2) is 26.5 Å². The van der Waals surface area contributed by atoms with E-state index in [1.807, 2.05) is 0 Å². The molecule has 2 aromatic rings. The molecule has 218 valence electrons. The van der Waals surface area contributed by atoms with Crippen LogP contribution in [0.1, 0.15) is 63.7 Å². The first-order chi connectivity index (χ1) is 18.5. The van der Waals surface area contributed by atoms with Gasteiger partial charge in [0, 0.05) is 24.3 Å². The van der Waals surface area contributed by atoms with Crippen LogP contribution in [0.2, 0.25) is 0 Å². The first kappa shape index (κ1) is 29.9. The molecule has 2 heterocycles. The molecule has 14 heteroatoms. The van der Waals surface area contributed by atoms with Crippen LogP contribution in [0, 0.1) is 0 Å². The standard InChI is InChI=1S/C26H33F2N5O5S2/c1-25(2,3)32-39(35,36)19-7-5-6-18(16-19)29-24(34)20-8-9-21(31-40(37,38)26(4)12-13-26)30-23(20)33-14-10-17(11-15-33)22(27)28/h5-9,16,32H,10-15H2,1-4H3,(H,29,34)(H,30,31). The van der Waals surface area contributed by atoms with Crippen LogP contribution in [0.4, 0.5) is 26.1 Å². The second-order valence-electron chi connectivity index (χ2n) is 11.3. The largest absolute Gasteiger partial charge is 0.355 e. The Morgan fingerprint density at radius 1 is 1.02 bits per heavy atom. The summed E-state index contributed by atoms with van der Waals surface area (Å²) in [5.74, 6) is -0.475. The average molecular weight is 598 g/mol. The molecule has 0 spiro atoms. The van der Waals surface area contributed by atoms with Crippen LogP contribution in [-0.4, -0.2) is 51.1 Å². The van der Waals surface area contributed by atoms with E-state index in [1.165, 1.54) is 36.4 Å². The number of carbonyl (C=O) groups excluding carboxylic acids is 1. The highest BCUT2D eigenvalue weighted by Crippen LogP contribution is 2.43. The first-order valence-electron chi connectivity index (χ1n) is 12.8. The molecule has 1 aromatic carbocycles. The molecular formula is C26H33F2N5O5S2. The molecule has 1 saturated carbocycles. The summed E-state index contributed by atoms with van der Waals surface area (Å²) in [5, 5.41) is 2.68. The topological polar surface area (TPSA) is 138 Å². The molecule has 4 rings (SSSR count). The van der Waals surface area contributed by atoms with Gasteiger partial charge in [0.15, 0.2) is 0 Å². The van der Waals surface area contributed by atoms with Gasteiger partial charge >= 0.3 is 0 Å². The van der Waals surface area contributed by atoms with Gasteiger partial charge in [0.2, 0.25) is 20.0 Å². The Bertz CT molecular complexity index is 1550. The van der Waals surface area contributed by atoms with E-state index in [4.69, 9.17) is 0 Å². The summed E-state index contributed by atoms with van der Waals surface area (Å²) >= 11 is 0. The number of aromatic nitrogens is 1. The van der Waals surface area contributed by atoms with Gasteiger partial charge in [0.05, 0.1) is 15.2 Å². The molecule has 2 aliphatic rings. The molecule has 0 radical (unpaired) electrons. The molecule has 10 nitrogen and oxygen atoms in total. The normalized spacial score (nSPS) is 17.4. The van der Waals surface area contributed by atoms with E-state index < -0.39 is 42.3 Å². The zero-order valence-electron chi connectivity index (χ0n) is 22.7. The van der Waals surface area contributed by atoms with Gasteiger partial charge in [-0.15, -0.1) is 0 Å². The average Bonchev–Trinajstić information content (AvgIpc) is 3.62. The number of hydrogen-bond acceptors (Lipinski definition) is 7. The van der Waals surface area contributed by atoms with Gasteiger partial charge in [-0.1, -0.05) is 6.07 Å². The highest BCUT2D eigenvalue weighted by Gasteiger charge is 2.50. The maximum absolute atomic E-state index is 13.4. The summed E-state index contributed by atoms with van der Waals surface area (Å²) in [6.07, 6.45) is -0.544. The number of halogens is 2. The second-order valence-corrected chi connectivity index (χ2v) is 15.2. The number of hydrogen-bond donors (Lipinski definition) is 3. The van der Waals surface area contributed by atoms with Gasteiger partial charge in [-0.3, -0.25) is 9.52 Å². The van der Waals surface area contributed by atoms with Crippen molar-refractivity contribution in [3.63, 3.8) is 0 Å². The number of sulfonamides is 2. The molecule has 40 heavy (non-hydrogen) atoms. The van der Waals surface area contributed by atoms with Crippen LogP contribution in [0.15, 0.2) is 52.9 Å². The van der Waals surface area contributed by atoms with E-state index in [0.717, 1.165) is 0 Å². The van der Waals surface area contributed by atoms with Crippen molar-refractivity contribution >= 4 is 43.3 Å². The number of nitrogens with zero attached hydrogens (tertiary/aromatic N) is 2. The number of carbonyl (C=O) groups is 1. The van der Waals surface area contributed by atoms with Crippen LogP contribution in [0.3, 0.4) is 0 Å². The van der Waals surface area contributed by atoms with Gasteiger partial charge in [0.25, 0.3) is 12.0 Å². The third-order valence-electron chi connectivity index (χ3n) is 6.74. The quantitative estimate of drug-likeness (QED) is 0.409. The minimum atomic E-state index is -3.86. The number of nitrogens with one attached hydrogen (secondary N) is 3. The Morgan fingerprint density at radius 3 is 2.25 bits per heavy atom. The van der Waals surface area contributed by atoms with Crippen LogP contribution >= 0.6 is 0 Å². The van der Waals surface area contributed by atoms with Crippen LogP contribution in [0.5, 0.6) is 0 Å². The van der Waals surface area contributed by atoms with E-state index in [0.29, 0.717) is 12.8 Å². The maximum Gasteiger partial charge on any atom is 0.269 e. The first-order valence-corrected chi connectivity index (χ1v) is 15.7. The van der Waals surface area contributed by atoms with Crippen molar-refractivity contribution in [2.45, 2.75) is 68.6 Å². The van der Waals surface area contributed by atoms with Gasteiger partial charge in [-0.2, -0.15) is 8.78 Å². The van der Waals surface area contributed by atoms with Crippen LogP contribution in [0.25, 0.3) is 0 Å². The lowest BCUT2D eigenvalue weighted by molar-refractivity contribution is 0.102. The number of pyridine rings is 1. The predicted molar refractivity (Wildman–Crippen MR) is 150 cm³/mol. The highest BCUT2D eigenvalue weighted by atomic mass is 32.2. The molecule has 2 fully saturated rings. The van der Waals surface area contributed by atoms with E-state index in [2.05, 4.69) is 19.7 Å². The molecule has 0 bridgehead atoms. The van der Waals surface area contributed by atoms with Crippen LogP contribution in [-0.2, 0) is 20.0 Å². The van der Waals surface area contributed by atoms with Gasteiger partial charge in [-0.05, 0) is 89.3 Å². The van der Waals surface area contributed by atoms with E-state index in [-0.39, 0.29) is 59.3 Å². The number of anilines is 3. The van der Waals surface area contributed by atoms with Crippen molar-refractivity contribution in [1.82, 2.24) is 9.71 Å². The fraction of sp³-hybridized carbons (Fsp3) is 0.462. The van der Waals surface area contributed by atoms with E-state index in [1.54, 1.807) is 32.6 Å². The van der Waals surface area contributed by atoms with E-state index in [9.17, 15) is 30.4 Å². The molecular weight excluding hydrogens is 564 g/mol. The summed E-state index contributed by atoms with van der Waals surface area (Å²) in [5.41, 5.74) is -0.395. The van der Waals surface area contributed by atoms with E-state index >= 15 is 0 Å². The summed E-state index contributed by atoms with van der Waals surface area (Å²) < 4.78 is 81.5. The van der Waals surface area contributed by atoms with Gasteiger partial charge < -0.3 is 10.2 Å². The van der Waals surface area contributed by atoms with Crippen LogP contribution < -0.4 is 19.7 Å². The molecule has 1 amide bonds. The minimum absolute atomic E-state index is 0.0130. The summed E-state index contributed by atoms with van der Waals surface area (Å²) in [6, 6.07) is 8.52. The Balaban J connectivity index is 1.64. The fourth-order valence-electron chi connectivity index (χ4n) is 4.21. The second kappa shape index (κ2) is 10.7. The summed E-state index contributed by atoms with van der Waals surface area (Å²) in [7, 11) is -7.58. The van der Waals surface area contributed by atoms with Crippen molar-refractivity contribution in [2.75, 3.05) is 28.0 Å². The SMILES string of the molecule is CC(C)(C)NS(=O)(=O)c1cccc(NC(=O)c2ccc(NS(=O)(=O)C3(C)CC3)nc2N2CCC(=C(F)F)CC2)c1. The Labute approximate surface area is 233 Å². The smallest absolute Gasteiger partial charge is 0.269 e. The zero-order valence-corrected chi connectivity index (χ0v) is 24.3. The van der Waals surface area contributed by atoms with Crippen molar-refractivity contribution in [1.29, 1.82) is 0 Å². The summed E-state index contributed by atoms with van der Waals surface area (Å²) in [4.78, 5) is 19.4. The lowest BCUT2D eigenvalue weighted by Gasteiger charge is -2.30. The van der Waals surface area contributed by atoms with Crippen molar-refractivity contribution in [2.24, 2.45) is 0 Å². The summed E-state index contributed by atoms with van der Waals surface area (Å²) in [6.45, 7) is 7.07. The molecule has 1 aromatic heterocycles. The molecule has 1 aliphatic heterocycles. The number of rotatable bonds is 8. The molecule has 1 saturated heterocycles. The van der Waals surface area contributed by atoms with Crippen molar-refractivity contribution in [3.05, 3.63) is 53.6 Å². The molecule has 3 N–H and O–H groups in total. The lowest BCUT2D eigenvalue weighted by Crippen LogP contribution is -2.40. The Hall–Kier alpha value is -3.10. The monoisotopic (exact) mass is 597 g/mol. The lowest BCUT2D eigenvalue weighted by atomic mass is 10.0. The third-order valence-corrected chi connectivity index (χ3v) is 10.7. The Kier molecular flexibility index (Phi) is 8.00. The number of benzene rings is 1. The fourth-order valence-corrected chi connectivity index (χ4v) is 6.95. The Morgan fingerprint density at radius 2 is 1.68 bits per heavy atom. The van der Waals surface area contributed by atoms with Crippen molar-refractivity contribution in [3.8, 4) is 0 Å². The molecule has 1 aliphatic carbocycles. The highest BCUT2D eigenvalue weighted by molar-refractivity contribution is 7.94. The molecule has 0 unspecified atom stereocenters. The molecule has 0 atom stereocenters. The third kappa shape index (κ3) is 6.78. The van der Waals surface area contributed by atoms with Gasteiger partial charge in [0.1, 0.15) is 11.6 Å². The minimum Gasteiger partial charge on any atom is -0.355 e.